The van der Waals surface area contributed by atoms with Gasteiger partial charge in [0.25, 0.3) is 15.9 Å². The minimum absolute atomic E-state index is 0.0537. The van der Waals surface area contributed by atoms with E-state index in [-0.39, 0.29) is 21.2 Å². The van der Waals surface area contributed by atoms with Gasteiger partial charge in [-0.2, -0.15) is 0 Å². The van der Waals surface area contributed by atoms with Gasteiger partial charge in [0, 0.05) is 12.5 Å². The Balaban J connectivity index is 2.10. The van der Waals surface area contributed by atoms with E-state index in [0.717, 1.165) is 13.0 Å². The number of aromatic hydroxyl groups is 1. The Labute approximate surface area is 164 Å². The Morgan fingerprint density at radius 3 is 2.50 bits per heavy atom. The van der Waals surface area contributed by atoms with Gasteiger partial charge < -0.3 is 14.3 Å². The molecule has 0 bridgehead atoms. The monoisotopic (exact) mass is 425 g/mol. The fourth-order valence-corrected chi connectivity index (χ4v) is 3.46. The lowest BCUT2D eigenvalue weighted by molar-refractivity contribution is -0.131. The van der Waals surface area contributed by atoms with Crippen molar-refractivity contribution < 1.29 is 31.9 Å². The molecule has 28 heavy (non-hydrogen) atoms. The number of hydrogen-bond donors (Lipinski definition) is 2. The molecule has 2 N–H and O–H groups in total. The number of hydrogen-bond acceptors (Lipinski definition) is 6. The average Bonchev–Trinajstić information content (AvgIpc) is 2.93. The number of rotatable bonds is 5. The molecule has 0 atom stereocenters. The molecule has 0 unspecified atom stereocenters. The summed E-state index contributed by atoms with van der Waals surface area (Å²) < 4.78 is 51.2. The third-order valence-electron chi connectivity index (χ3n) is 3.55. The van der Waals surface area contributed by atoms with Crippen molar-refractivity contribution in [2.45, 2.75) is 11.8 Å². The molecule has 7 nitrogen and oxygen atoms in total. The topological polar surface area (TPSA) is 106 Å². The SMILES string of the molecule is CC(=O)Oc1c(NS(=O)(=O)c2ccccc2)oc(-c2ccc(Cl)c(F)c2)c1O. The van der Waals surface area contributed by atoms with Crippen LogP contribution in [0.4, 0.5) is 10.3 Å². The van der Waals surface area contributed by atoms with E-state index >= 15 is 0 Å². The van der Waals surface area contributed by atoms with E-state index in [4.69, 9.17) is 20.8 Å². The molecule has 0 fully saturated rings. The van der Waals surface area contributed by atoms with E-state index in [1.807, 2.05) is 0 Å². The predicted octanol–water partition coefficient (Wildman–Crippen LogP) is 4.17. The van der Waals surface area contributed by atoms with Crippen molar-refractivity contribution in [3.8, 4) is 22.8 Å². The van der Waals surface area contributed by atoms with Crippen LogP contribution in [0.15, 0.2) is 57.8 Å². The zero-order valence-corrected chi connectivity index (χ0v) is 15.8. The maximum Gasteiger partial charge on any atom is 0.308 e. The molecule has 0 spiro atoms. The Kier molecular flexibility index (Phi) is 5.30. The molecule has 3 rings (SSSR count). The van der Waals surface area contributed by atoms with E-state index in [1.54, 1.807) is 6.07 Å². The zero-order valence-electron chi connectivity index (χ0n) is 14.3. The molecule has 2 aromatic carbocycles. The molecule has 0 saturated heterocycles. The molecule has 0 aliphatic carbocycles. The number of sulfonamides is 1. The third-order valence-corrected chi connectivity index (χ3v) is 5.20. The maximum absolute atomic E-state index is 13.8. The Morgan fingerprint density at radius 1 is 1.21 bits per heavy atom. The van der Waals surface area contributed by atoms with Crippen molar-refractivity contribution in [3.63, 3.8) is 0 Å². The number of furan rings is 1. The second-order valence-corrected chi connectivity index (χ2v) is 7.67. The van der Waals surface area contributed by atoms with Gasteiger partial charge in [-0.25, -0.2) is 17.5 Å². The first kappa shape index (κ1) is 19.7. The summed E-state index contributed by atoms with van der Waals surface area (Å²) in [6.45, 7) is 1.06. The van der Waals surface area contributed by atoms with Crippen molar-refractivity contribution in [1.29, 1.82) is 0 Å². The van der Waals surface area contributed by atoms with Crippen molar-refractivity contribution in [2.75, 3.05) is 4.72 Å². The van der Waals surface area contributed by atoms with Gasteiger partial charge in [0.15, 0.2) is 5.76 Å². The van der Waals surface area contributed by atoms with E-state index in [9.17, 15) is 22.7 Å². The summed E-state index contributed by atoms with van der Waals surface area (Å²) in [6.07, 6.45) is 0. The Morgan fingerprint density at radius 2 is 1.89 bits per heavy atom. The van der Waals surface area contributed by atoms with Crippen molar-refractivity contribution in [2.24, 2.45) is 0 Å². The van der Waals surface area contributed by atoms with Crippen molar-refractivity contribution in [1.82, 2.24) is 0 Å². The third kappa shape index (κ3) is 3.95. The molecular weight excluding hydrogens is 413 g/mol. The standard InChI is InChI=1S/C18H13ClFNO6S/c1-10(22)26-17-15(23)16(11-7-8-13(19)14(20)9-11)27-18(17)21-28(24,25)12-5-3-2-4-6-12/h2-9,21,23H,1H3. The number of anilines is 1. The molecule has 1 aromatic heterocycles. The molecule has 1 heterocycles. The first-order chi connectivity index (χ1) is 13.2. The van der Waals surface area contributed by atoms with Crippen LogP contribution in [0.25, 0.3) is 11.3 Å². The first-order valence-electron chi connectivity index (χ1n) is 7.76. The predicted molar refractivity (Wildman–Crippen MR) is 99.3 cm³/mol. The lowest BCUT2D eigenvalue weighted by Gasteiger charge is -2.07. The van der Waals surface area contributed by atoms with Gasteiger partial charge in [-0.05, 0) is 30.3 Å². The van der Waals surface area contributed by atoms with Crippen LogP contribution in [-0.4, -0.2) is 19.5 Å². The summed E-state index contributed by atoms with van der Waals surface area (Å²) in [5, 5.41) is 10.2. The number of halogens is 2. The molecule has 3 aromatic rings. The van der Waals surface area contributed by atoms with Crippen molar-refractivity contribution in [3.05, 3.63) is 59.4 Å². The minimum Gasteiger partial charge on any atom is -0.502 e. The van der Waals surface area contributed by atoms with Gasteiger partial charge in [-0.15, -0.1) is 0 Å². The van der Waals surface area contributed by atoms with Crippen LogP contribution in [0.2, 0.25) is 5.02 Å². The number of nitrogens with one attached hydrogen (secondary N) is 1. The smallest absolute Gasteiger partial charge is 0.308 e. The quantitative estimate of drug-likeness (QED) is 0.594. The lowest BCUT2D eigenvalue weighted by atomic mass is 10.1. The van der Waals surface area contributed by atoms with E-state index in [1.165, 1.54) is 36.4 Å². The maximum atomic E-state index is 13.8. The summed E-state index contributed by atoms with van der Waals surface area (Å²) in [5.74, 6) is -3.68. The average molecular weight is 426 g/mol. The first-order valence-corrected chi connectivity index (χ1v) is 9.62. The van der Waals surface area contributed by atoms with Crippen molar-refractivity contribution >= 4 is 33.5 Å². The highest BCUT2D eigenvalue weighted by molar-refractivity contribution is 7.92. The van der Waals surface area contributed by atoms with Gasteiger partial charge in [-0.1, -0.05) is 29.8 Å². The van der Waals surface area contributed by atoms with E-state index in [0.29, 0.717) is 0 Å². The minimum atomic E-state index is -4.11. The van der Waals surface area contributed by atoms with Crippen LogP contribution in [-0.2, 0) is 14.8 Å². The highest BCUT2D eigenvalue weighted by Crippen LogP contribution is 2.47. The summed E-state index contributed by atoms with van der Waals surface area (Å²) in [6, 6.07) is 10.9. The Bertz CT molecular complexity index is 1140. The number of benzene rings is 2. The molecule has 146 valence electrons. The van der Waals surface area contributed by atoms with E-state index in [2.05, 4.69) is 4.72 Å². The Hall–Kier alpha value is -3.04. The highest BCUT2D eigenvalue weighted by Gasteiger charge is 2.28. The van der Waals surface area contributed by atoms with Crippen LogP contribution >= 0.6 is 11.6 Å². The van der Waals surface area contributed by atoms with Crippen LogP contribution in [0.3, 0.4) is 0 Å². The zero-order chi connectivity index (χ0) is 20.5. The largest absolute Gasteiger partial charge is 0.502 e. The summed E-state index contributed by atoms with van der Waals surface area (Å²) in [5.41, 5.74) is 0.0537. The van der Waals surface area contributed by atoms with Gasteiger partial charge >= 0.3 is 5.97 Å². The van der Waals surface area contributed by atoms with Crippen LogP contribution < -0.4 is 9.46 Å². The number of ether oxygens (including phenoxy) is 1. The number of carbonyl (C=O) groups excluding carboxylic acids is 1. The van der Waals surface area contributed by atoms with Gasteiger partial charge in [-0.3, -0.25) is 4.79 Å². The second kappa shape index (κ2) is 7.53. The summed E-state index contributed by atoms with van der Waals surface area (Å²) in [7, 11) is -4.11. The normalized spacial score (nSPS) is 11.2. The summed E-state index contributed by atoms with van der Waals surface area (Å²) in [4.78, 5) is 11.3. The molecule has 0 radical (unpaired) electrons. The highest BCUT2D eigenvalue weighted by atomic mass is 35.5. The molecule has 10 heteroatoms. The molecule has 0 aliphatic rings. The van der Waals surface area contributed by atoms with Gasteiger partial charge in [0.2, 0.25) is 11.5 Å². The number of carbonyl (C=O) groups is 1. The van der Waals surface area contributed by atoms with Crippen LogP contribution in [0.1, 0.15) is 6.92 Å². The molecule has 0 saturated carbocycles. The molecule has 0 amide bonds. The number of esters is 1. The fourth-order valence-electron chi connectivity index (χ4n) is 2.33. The fraction of sp³-hybridized carbons (Fsp3) is 0.0556. The second-order valence-electron chi connectivity index (χ2n) is 5.58. The summed E-state index contributed by atoms with van der Waals surface area (Å²) >= 11 is 5.64. The van der Waals surface area contributed by atoms with Gasteiger partial charge in [0.1, 0.15) is 5.82 Å². The van der Waals surface area contributed by atoms with E-state index < -0.39 is 39.2 Å². The molecule has 0 aliphatic heterocycles. The molecular formula is C18H13ClFNO6S. The van der Waals surface area contributed by atoms with Crippen LogP contribution in [0.5, 0.6) is 11.5 Å². The van der Waals surface area contributed by atoms with Gasteiger partial charge in [0.05, 0.1) is 9.92 Å². The lowest BCUT2D eigenvalue weighted by Crippen LogP contribution is -2.13. The van der Waals surface area contributed by atoms with Crippen LogP contribution in [0, 0.1) is 5.82 Å².